The maximum absolute atomic E-state index is 12.0. The van der Waals surface area contributed by atoms with Gasteiger partial charge in [-0.1, -0.05) is 37.2 Å². The van der Waals surface area contributed by atoms with Crippen molar-refractivity contribution in [1.82, 2.24) is 10.3 Å². The second-order valence-corrected chi connectivity index (χ2v) is 7.42. The Morgan fingerprint density at radius 2 is 2.14 bits per heavy atom. The van der Waals surface area contributed by atoms with Crippen molar-refractivity contribution in [2.75, 3.05) is 5.75 Å². The van der Waals surface area contributed by atoms with Gasteiger partial charge in [0.25, 0.3) is 0 Å². The fourth-order valence-electron chi connectivity index (χ4n) is 2.11. The number of rotatable bonds is 7. The minimum Gasteiger partial charge on any atom is -0.480 e. The van der Waals surface area contributed by atoms with Crippen LogP contribution in [0.4, 0.5) is 0 Å². The van der Waals surface area contributed by atoms with Crippen LogP contribution >= 0.6 is 23.1 Å². The van der Waals surface area contributed by atoms with Gasteiger partial charge in [0.05, 0.1) is 16.0 Å². The first-order valence-corrected chi connectivity index (χ1v) is 8.77. The number of thioether (sulfide) groups is 1. The number of aromatic nitrogens is 1. The van der Waals surface area contributed by atoms with Crippen molar-refractivity contribution in [2.24, 2.45) is 0 Å². The SMILES string of the molecule is CCCC(C)(NC(=O)CSc1nc2ccccc2s1)C(=O)O. The first-order chi connectivity index (χ1) is 10.4. The topological polar surface area (TPSA) is 79.3 Å². The average Bonchev–Trinajstić information content (AvgIpc) is 2.88. The maximum atomic E-state index is 12.0. The summed E-state index contributed by atoms with van der Waals surface area (Å²) in [7, 11) is 0. The highest BCUT2D eigenvalue weighted by atomic mass is 32.2. The molecule has 1 aromatic carbocycles. The lowest BCUT2D eigenvalue weighted by Crippen LogP contribution is -2.52. The third-order valence-corrected chi connectivity index (χ3v) is 5.42. The van der Waals surface area contributed by atoms with Crippen LogP contribution in [-0.4, -0.2) is 33.3 Å². The Hall–Kier alpha value is -1.60. The zero-order valence-corrected chi connectivity index (χ0v) is 14.1. The molecule has 2 N–H and O–H groups in total. The zero-order valence-electron chi connectivity index (χ0n) is 12.5. The molecule has 1 atom stereocenters. The molecule has 0 aliphatic carbocycles. The molecule has 1 amide bonds. The molecule has 2 rings (SSSR count). The number of fused-ring (bicyclic) bond motifs is 1. The minimum atomic E-state index is -1.21. The van der Waals surface area contributed by atoms with Crippen molar-refractivity contribution in [1.29, 1.82) is 0 Å². The average molecular weight is 338 g/mol. The molecule has 0 bridgehead atoms. The monoisotopic (exact) mass is 338 g/mol. The molecule has 0 saturated carbocycles. The van der Waals surface area contributed by atoms with E-state index in [2.05, 4.69) is 10.3 Å². The number of hydrogen-bond acceptors (Lipinski definition) is 5. The number of para-hydroxylation sites is 1. The fraction of sp³-hybridized carbons (Fsp3) is 0.400. The molecule has 7 heteroatoms. The predicted molar refractivity (Wildman–Crippen MR) is 89.4 cm³/mol. The van der Waals surface area contributed by atoms with Crippen LogP contribution in [0.3, 0.4) is 0 Å². The summed E-state index contributed by atoms with van der Waals surface area (Å²) in [5, 5.41) is 11.9. The number of carboxylic acids is 1. The first kappa shape index (κ1) is 16.8. The van der Waals surface area contributed by atoms with Crippen LogP contribution in [0.5, 0.6) is 0 Å². The van der Waals surface area contributed by atoms with E-state index < -0.39 is 11.5 Å². The van der Waals surface area contributed by atoms with Crippen molar-refractivity contribution >= 4 is 45.2 Å². The van der Waals surface area contributed by atoms with Gasteiger partial charge >= 0.3 is 5.97 Å². The Balaban J connectivity index is 1.95. The van der Waals surface area contributed by atoms with Crippen LogP contribution in [0.25, 0.3) is 10.2 Å². The fourth-order valence-corrected chi connectivity index (χ4v) is 3.98. The van der Waals surface area contributed by atoms with E-state index >= 15 is 0 Å². The Labute approximate surface area is 137 Å². The van der Waals surface area contributed by atoms with Gasteiger partial charge in [0.1, 0.15) is 5.54 Å². The second kappa shape index (κ2) is 7.11. The largest absolute Gasteiger partial charge is 0.480 e. The quantitative estimate of drug-likeness (QED) is 0.758. The van der Waals surface area contributed by atoms with Gasteiger partial charge < -0.3 is 10.4 Å². The highest BCUT2D eigenvalue weighted by molar-refractivity contribution is 8.01. The van der Waals surface area contributed by atoms with Gasteiger partial charge in [0.15, 0.2) is 4.34 Å². The molecule has 5 nitrogen and oxygen atoms in total. The van der Waals surface area contributed by atoms with Gasteiger partial charge in [-0.25, -0.2) is 9.78 Å². The standard InChI is InChI=1S/C15H18N2O3S2/c1-3-8-15(2,13(19)20)17-12(18)9-21-14-16-10-6-4-5-7-11(10)22-14/h4-7H,3,8-9H2,1-2H3,(H,17,18)(H,19,20). The summed E-state index contributed by atoms with van der Waals surface area (Å²) in [6, 6.07) is 7.79. The highest BCUT2D eigenvalue weighted by Gasteiger charge is 2.33. The van der Waals surface area contributed by atoms with Crippen molar-refractivity contribution in [3.05, 3.63) is 24.3 Å². The smallest absolute Gasteiger partial charge is 0.329 e. The van der Waals surface area contributed by atoms with Gasteiger partial charge in [0, 0.05) is 0 Å². The van der Waals surface area contributed by atoms with E-state index in [1.165, 1.54) is 23.1 Å². The molecule has 2 aromatic rings. The number of aliphatic carboxylic acids is 1. The third kappa shape index (κ3) is 3.98. The lowest BCUT2D eigenvalue weighted by atomic mass is 9.96. The number of thiazole rings is 1. The molecule has 0 radical (unpaired) electrons. The van der Waals surface area contributed by atoms with Gasteiger partial charge in [-0.05, 0) is 25.5 Å². The summed E-state index contributed by atoms with van der Waals surface area (Å²) in [5.74, 6) is -1.14. The number of carbonyl (C=O) groups excluding carboxylic acids is 1. The van der Waals surface area contributed by atoms with E-state index in [0.717, 1.165) is 14.6 Å². The van der Waals surface area contributed by atoms with Gasteiger partial charge in [0.2, 0.25) is 5.91 Å². The summed E-state index contributed by atoms with van der Waals surface area (Å²) in [5.41, 5.74) is -0.295. The summed E-state index contributed by atoms with van der Waals surface area (Å²) < 4.78 is 1.88. The van der Waals surface area contributed by atoms with E-state index in [-0.39, 0.29) is 11.7 Å². The molecule has 0 fully saturated rings. The molecular weight excluding hydrogens is 320 g/mol. The third-order valence-electron chi connectivity index (χ3n) is 3.24. The van der Waals surface area contributed by atoms with Gasteiger partial charge in [-0.2, -0.15) is 0 Å². The van der Waals surface area contributed by atoms with Crippen LogP contribution in [0.2, 0.25) is 0 Å². The Kier molecular flexibility index (Phi) is 5.42. The lowest BCUT2D eigenvalue weighted by Gasteiger charge is -2.25. The minimum absolute atomic E-state index is 0.159. The number of benzene rings is 1. The molecule has 1 heterocycles. The van der Waals surface area contributed by atoms with Crippen LogP contribution in [0, 0.1) is 0 Å². The second-order valence-electron chi connectivity index (χ2n) is 5.17. The number of amides is 1. The molecule has 0 spiro atoms. The van der Waals surface area contributed by atoms with Crippen molar-refractivity contribution in [2.45, 2.75) is 36.6 Å². The normalized spacial score (nSPS) is 13.7. The molecular formula is C15H18N2O3S2. The summed E-state index contributed by atoms with van der Waals surface area (Å²) in [6.07, 6.45) is 1.09. The summed E-state index contributed by atoms with van der Waals surface area (Å²) >= 11 is 2.86. The number of carboxylic acid groups (broad SMARTS) is 1. The van der Waals surface area contributed by atoms with Crippen molar-refractivity contribution in [3.8, 4) is 0 Å². The maximum Gasteiger partial charge on any atom is 0.329 e. The van der Waals surface area contributed by atoms with E-state index in [0.29, 0.717) is 12.8 Å². The van der Waals surface area contributed by atoms with E-state index in [9.17, 15) is 14.7 Å². The molecule has 0 aliphatic heterocycles. The zero-order chi connectivity index (χ0) is 16.2. The predicted octanol–water partition coefficient (Wildman–Crippen LogP) is 3.15. The van der Waals surface area contributed by atoms with Gasteiger partial charge in [-0.3, -0.25) is 4.79 Å². The highest BCUT2D eigenvalue weighted by Crippen LogP contribution is 2.29. The van der Waals surface area contributed by atoms with Crippen molar-refractivity contribution < 1.29 is 14.7 Å². The molecule has 1 aromatic heterocycles. The van der Waals surface area contributed by atoms with E-state index in [1.807, 2.05) is 31.2 Å². The molecule has 22 heavy (non-hydrogen) atoms. The molecule has 0 saturated heterocycles. The number of nitrogens with one attached hydrogen (secondary N) is 1. The summed E-state index contributed by atoms with van der Waals surface area (Å²) in [4.78, 5) is 27.8. The first-order valence-electron chi connectivity index (χ1n) is 6.97. The molecule has 0 aliphatic rings. The van der Waals surface area contributed by atoms with Crippen LogP contribution < -0.4 is 5.32 Å². The Morgan fingerprint density at radius 1 is 1.41 bits per heavy atom. The molecule has 118 valence electrons. The Bertz CT molecular complexity index is 653. The Morgan fingerprint density at radius 3 is 2.77 bits per heavy atom. The number of hydrogen-bond donors (Lipinski definition) is 2. The van der Waals surface area contributed by atoms with E-state index in [4.69, 9.17) is 0 Å². The van der Waals surface area contributed by atoms with Crippen molar-refractivity contribution in [3.63, 3.8) is 0 Å². The van der Waals surface area contributed by atoms with Crippen LogP contribution in [0.15, 0.2) is 28.6 Å². The molecule has 1 unspecified atom stereocenters. The van der Waals surface area contributed by atoms with Crippen LogP contribution in [0.1, 0.15) is 26.7 Å². The van der Waals surface area contributed by atoms with Gasteiger partial charge in [-0.15, -0.1) is 11.3 Å². The number of nitrogens with zero attached hydrogens (tertiary/aromatic N) is 1. The van der Waals surface area contributed by atoms with E-state index in [1.54, 1.807) is 6.92 Å². The lowest BCUT2D eigenvalue weighted by molar-refractivity contribution is -0.146. The van der Waals surface area contributed by atoms with Crippen LogP contribution in [-0.2, 0) is 9.59 Å². The summed E-state index contributed by atoms with van der Waals surface area (Å²) in [6.45, 7) is 3.43. The number of carbonyl (C=O) groups is 2.